The molecule has 0 aliphatic rings. The van der Waals surface area contributed by atoms with Crippen LogP contribution in [0.2, 0.25) is 0 Å². The van der Waals surface area contributed by atoms with Gasteiger partial charge in [-0.2, -0.15) is 0 Å². The zero-order valence-electron chi connectivity index (χ0n) is 20.0. The Morgan fingerprint density at radius 1 is 1.09 bits per heavy atom. The second-order valence-corrected chi connectivity index (χ2v) is 8.71. The van der Waals surface area contributed by atoms with E-state index < -0.39 is 0 Å². The second-order valence-electron chi connectivity index (χ2n) is 7.77. The van der Waals surface area contributed by atoms with Crippen LogP contribution < -0.4 is 14.8 Å². The Morgan fingerprint density at radius 3 is 2.63 bits per heavy atom. The molecular weight excluding hydrogens is 464 g/mol. The van der Waals surface area contributed by atoms with Gasteiger partial charge in [-0.1, -0.05) is 48.2 Å². The van der Waals surface area contributed by atoms with E-state index in [1.165, 1.54) is 11.8 Å². The summed E-state index contributed by atoms with van der Waals surface area (Å²) < 4.78 is 18.8. The first-order valence-corrected chi connectivity index (χ1v) is 12.3. The lowest BCUT2D eigenvalue weighted by atomic mass is 10.2. The van der Waals surface area contributed by atoms with Crippen molar-refractivity contribution in [1.29, 1.82) is 0 Å². The van der Waals surface area contributed by atoms with E-state index in [2.05, 4.69) is 15.5 Å². The first-order chi connectivity index (χ1) is 17.1. The maximum atomic E-state index is 12.5. The molecule has 2 heterocycles. The predicted octanol–water partition coefficient (Wildman–Crippen LogP) is 4.86. The lowest BCUT2D eigenvalue weighted by molar-refractivity contribution is -0.118. The van der Waals surface area contributed by atoms with Gasteiger partial charge in [-0.3, -0.25) is 4.79 Å². The lowest BCUT2D eigenvalue weighted by Crippen LogP contribution is -2.24. The number of benzene rings is 2. The molecule has 0 bridgehead atoms. The third kappa shape index (κ3) is 6.05. The van der Waals surface area contributed by atoms with Gasteiger partial charge in [0.05, 0.1) is 24.7 Å². The van der Waals surface area contributed by atoms with Gasteiger partial charge in [-0.05, 0) is 43.2 Å². The van der Waals surface area contributed by atoms with Crippen LogP contribution in [-0.4, -0.2) is 33.5 Å². The van der Waals surface area contributed by atoms with Crippen LogP contribution in [0.3, 0.4) is 0 Å². The Kier molecular flexibility index (Phi) is 8.10. The number of aromatic nitrogens is 3. The van der Waals surface area contributed by atoms with Crippen molar-refractivity contribution in [2.75, 3.05) is 12.9 Å². The number of amides is 1. The quantitative estimate of drug-likeness (QED) is 0.299. The van der Waals surface area contributed by atoms with E-state index in [-0.39, 0.29) is 11.7 Å². The zero-order valence-corrected chi connectivity index (χ0v) is 20.8. The fraction of sp³-hybridized carbons (Fsp3) is 0.269. The number of thioether (sulfide) groups is 1. The SMILES string of the molecule is CCn1c(SCC(=O)NCc2ccc(OCc3ccccc3)c(OC)c2)nnc1-c1ccoc1C. The van der Waals surface area contributed by atoms with Gasteiger partial charge in [-0.15, -0.1) is 10.2 Å². The highest BCUT2D eigenvalue weighted by Crippen LogP contribution is 2.29. The van der Waals surface area contributed by atoms with E-state index in [9.17, 15) is 4.79 Å². The minimum atomic E-state index is -0.0925. The van der Waals surface area contributed by atoms with E-state index >= 15 is 0 Å². The number of hydrogen-bond acceptors (Lipinski definition) is 7. The zero-order chi connectivity index (χ0) is 24.6. The van der Waals surface area contributed by atoms with E-state index in [1.54, 1.807) is 13.4 Å². The number of methoxy groups -OCH3 is 1. The average Bonchev–Trinajstić information content (AvgIpc) is 3.50. The molecular formula is C26H28N4O4S. The van der Waals surface area contributed by atoms with Gasteiger partial charge < -0.3 is 23.8 Å². The fourth-order valence-corrected chi connectivity index (χ4v) is 4.39. The molecule has 0 aliphatic carbocycles. The van der Waals surface area contributed by atoms with Gasteiger partial charge in [-0.25, -0.2) is 0 Å². The summed E-state index contributed by atoms with van der Waals surface area (Å²) >= 11 is 1.36. The number of carbonyl (C=O) groups excluding carboxylic acids is 1. The Balaban J connectivity index is 1.31. The normalized spacial score (nSPS) is 10.8. The van der Waals surface area contributed by atoms with Gasteiger partial charge in [0.25, 0.3) is 0 Å². The molecule has 2 aromatic carbocycles. The maximum Gasteiger partial charge on any atom is 0.230 e. The average molecular weight is 493 g/mol. The molecule has 0 radical (unpaired) electrons. The molecule has 0 unspecified atom stereocenters. The number of carbonyl (C=O) groups is 1. The molecule has 9 heteroatoms. The largest absolute Gasteiger partial charge is 0.493 e. The smallest absolute Gasteiger partial charge is 0.230 e. The highest BCUT2D eigenvalue weighted by Gasteiger charge is 2.17. The van der Waals surface area contributed by atoms with Crippen LogP contribution in [0.5, 0.6) is 11.5 Å². The van der Waals surface area contributed by atoms with Crippen molar-refractivity contribution in [3.05, 3.63) is 77.7 Å². The van der Waals surface area contributed by atoms with Crippen molar-refractivity contribution in [3.63, 3.8) is 0 Å². The molecule has 0 aliphatic heterocycles. The summed E-state index contributed by atoms with van der Waals surface area (Å²) in [4.78, 5) is 12.5. The molecule has 0 fully saturated rings. The molecule has 1 N–H and O–H groups in total. The topological polar surface area (TPSA) is 91.4 Å². The van der Waals surface area contributed by atoms with E-state index in [1.807, 2.05) is 73.0 Å². The van der Waals surface area contributed by atoms with Crippen LogP contribution in [0.1, 0.15) is 23.8 Å². The Hall–Kier alpha value is -3.72. The highest BCUT2D eigenvalue weighted by atomic mass is 32.2. The summed E-state index contributed by atoms with van der Waals surface area (Å²) in [5.74, 6) is 2.95. The van der Waals surface area contributed by atoms with Crippen LogP contribution in [0.4, 0.5) is 0 Å². The minimum absolute atomic E-state index is 0.0925. The number of nitrogens with zero attached hydrogens (tertiary/aromatic N) is 3. The number of furan rings is 1. The van der Waals surface area contributed by atoms with Crippen molar-refractivity contribution in [3.8, 4) is 22.9 Å². The van der Waals surface area contributed by atoms with Gasteiger partial charge in [0, 0.05) is 13.1 Å². The van der Waals surface area contributed by atoms with Gasteiger partial charge in [0.1, 0.15) is 12.4 Å². The summed E-state index contributed by atoms with van der Waals surface area (Å²) in [6.07, 6.45) is 1.64. The van der Waals surface area contributed by atoms with Crippen molar-refractivity contribution in [2.24, 2.45) is 0 Å². The Labute approximate surface area is 208 Å². The first-order valence-electron chi connectivity index (χ1n) is 11.3. The van der Waals surface area contributed by atoms with E-state index in [4.69, 9.17) is 13.9 Å². The van der Waals surface area contributed by atoms with Crippen LogP contribution in [-0.2, 0) is 24.5 Å². The van der Waals surface area contributed by atoms with Gasteiger partial charge in [0.15, 0.2) is 22.5 Å². The van der Waals surface area contributed by atoms with Gasteiger partial charge in [0.2, 0.25) is 5.91 Å². The third-order valence-corrected chi connectivity index (χ3v) is 6.39. The number of nitrogens with one attached hydrogen (secondary N) is 1. The molecule has 182 valence electrons. The standard InChI is InChI=1S/C26H28N4O4S/c1-4-30-25(21-12-13-33-18(21)2)28-29-26(30)35-17-24(31)27-15-20-10-11-22(23(14-20)32-3)34-16-19-8-6-5-7-9-19/h5-14H,4,15-17H2,1-3H3,(H,27,31). The highest BCUT2D eigenvalue weighted by molar-refractivity contribution is 7.99. The van der Waals surface area contributed by atoms with Crippen LogP contribution in [0.25, 0.3) is 11.4 Å². The molecule has 1 amide bonds. The number of ether oxygens (including phenoxy) is 2. The molecule has 0 saturated heterocycles. The number of hydrogen-bond donors (Lipinski definition) is 1. The second kappa shape index (κ2) is 11.6. The van der Waals surface area contributed by atoms with Crippen molar-refractivity contribution < 1.29 is 18.7 Å². The minimum Gasteiger partial charge on any atom is -0.493 e. The van der Waals surface area contributed by atoms with Crippen LogP contribution in [0.15, 0.2) is 70.4 Å². The molecule has 4 rings (SSSR count). The number of rotatable bonds is 11. The predicted molar refractivity (Wildman–Crippen MR) is 134 cm³/mol. The lowest BCUT2D eigenvalue weighted by Gasteiger charge is -2.13. The van der Waals surface area contributed by atoms with Crippen molar-refractivity contribution in [1.82, 2.24) is 20.1 Å². The summed E-state index contributed by atoms with van der Waals surface area (Å²) in [7, 11) is 1.60. The van der Waals surface area contributed by atoms with Gasteiger partial charge >= 0.3 is 0 Å². The molecule has 0 spiro atoms. The van der Waals surface area contributed by atoms with Crippen LogP contribution in [0, 0.1) is 6.92 Å². The fourth-order valence-electron chi connectivity index (χ4n) is 3.56. The maximum absolute atomic E-state index is 12.5. The summed E-state index contributed by atoms with van der Waals surface area (Å²) in [5.41, 5.74) is 2.90. The van der Waals surface area contributed by atoms with Crippen molar-refractivity contribution in [2.45, 2.75) is 38.7 Å². The molecule has 2 aromatic heterocycles. The summed E-state index contributed by atoms with van der Waals surface area (Å²) in [6, 6.07) is 17.5. The van der Waals surface area contributed by atoms with Crippen LogP contribution >= 0.6 is 11.8 Å². The molecule has 4 aromatic rings. The van der Waals surface area contributed by atoms with E-state index in [0.29, 0.717) is 36.4 Å². The molecule has 0 atom stereocenters. The first kappa shape index (κ1) is 24.4. The monoisotopic (exact) mass is 492 g/mol. The molecule has 35 heavy (non-hydrogen) atoms. The molecule has 0 saturated carbocycles. The Morgan fingerprint density at radius 2 is 1.91 bits per heavy atom. The summed E-state index contributed by atoms with van der Waals surface area (Å²) in [5, 5.41) is 12.2. The number of aryl methyl sites for hydroxylation is 1. The van der Waals surface area contributed by atoms with E-state index in [0.717, 1.165) is 28.3 Å². The summed E-state index contributed by atoms with van der Waals surface area (Å²) in [6.45, 7) is 5.44. The van der Waals surface area contributed by atoms with Crippen molar-refractivity contribution >= 4 is 17.7 Å². The Bertz CT molecular complexity index is 1270. The molecule has 8 nitrogen and oxygen atoms in total. The third-order valence-electron chi connectivity index (χ3n) is 5.42.